The Morgan fingerprint density at radius 3 is 2.12 bits per heavy atom. The van der Waals surface area contributed by atoms with Gasteiger partial charge in [0, 0.05) is 17.1 Å². The minimum Gasteiger partial charge on any atom is -0.497 e. The molecule has 6 heteroatoms. The van der Waals surface area contributed by atoms with Crippen LogP contribution in [0.3, 0.4) is 0 Å². The molecule has 1 heterocycles. The first-order valence-electron chi connectivity index (χ1n) is 10.4. The number of aryl methyl sites for hydroxylation is 1. The minimum absolute atomic E-state index is 0.324. The Bertz CT molecular complexity index is 1160. The lowest BCUT2D eigenvalue weighted by Gasteiger charge is -2.24. The third-order valence-corrected chi connectivity index (χ3v) is 6.32. The van der Waals surface area contributed by atoms with Crippen molar-refractivity contribution in [2.75, 3.05) is 23.5 Å². The fraction of sp³-hybridized carbons (Fsp3) is 0.154. The van der Waals surface area contributed by atoms with Gasteiger partial charge in [-0.3, -0.25) is 9.59 Å². The fourth-order valence-corrected chi connectivity index (χ4v) is 4.58. The number of ether oxygens (including phenoxy) is 1. The summed E-state index contributed by atoms with van der Waals surface area (Å²) in [6, 6.07) is 24.5. The molecule has 3 aromatic rings. The lowest BCUT2D eigenvalue weighted by molar-refractivity contribution is -0.120. The predicted molar refractivity (Wildman–Crippen MR) is 129 cm³/mol. The zero-order valence-corrected chi connectivity index (χ0v) is 19.1. The van der Waals surface area contributed by atoms with Gasteiger partial charge in [0.25, 0.3) is 11.8 Å². The van der Waals surface area contributed by atoms with Crippen LogP contribution in [-0.4, -0.2) is 25.5 Å². The van der Waals surface area contributed by atoms with Crippen LogP contribution in [0, 0.1) is 6.92 Å². The number of nitrogens with zero attached hydrogens (tertiary/aromatic N) is 2. The van der Waals surface area contributed by atoms with Crippen molar-refractivity contribution in [3.8, 4) is 5.75 Å². The summed E-state index contributed by atoms with van der Waals surface area (Å²) >= 11 is 1.33. The number of carbonyl (C=O) groups excluding carboxylic acids is 2. The average molecular weight is 445 g/mol. The Balaban J connectivity index is 1.80. The van der Waals surface area contributed by atoms with Crippen LogP contribution >= 0.6 is 11.8 Å². The van der Waals surface area contributed by atoms with Crippen molar-refractivity contribution in [3.05, 3.63) is 95.0 Å². The summed E-state index contributed by atoms with van der Waals surface area (Å²) < 4.78 is 5.22. The van der Waals surface area contributed by atoms with E-state index in [0.717, 1.165) is 16.1 Å². The molecule has 0 saturated heterocycles. The molecule has 32 heavy (non-hydrogen) atoms. The number of methoxy groups -OCH3 is 1. The summed E-state index contributed by atoms with van der Waals surface area (Å²) in [5, 5.41) is 0. The van der Waals surface area contributed by atoms with E-state index in [1.807, 2.05) is 73.3 Å². The highest BCUT2D eigenvalue weighted by atomic mass is 32.2. The van der Waals surface area contributed by atoms with E-state index in [4.69, 9.17) is 4.74 Å². The second-order valence-electron chi connectivity index (χ2n) is 7.32. The third kappa shape index (κ3) is 4.14. The molecule has 0 aliphatic carbocycles. The number of carbonyl (C=O) groups is 2. The van der Waals surface area contributed by atoms with Gasteiger partial charge in [-0.05, 0) is 62.4 Å². The van der Waals surface area contributed by atoms with Crippen LogP contribution in [0.1, 0.15) is 12.5 Å². The molecule has 0 N–H and O–H groups in total. The van der Waals surface area contributed by atoms with Crippen LogP contribution in [0.2, 0.25) is 0 Å². The lowest BCUT2D eigenvalue weighted by Crippen LogP contribution is -2.35. The highest BCUT2D eigenvalue weighted by molar-refractivity contribution is 8.04. The Kier molecular flexibility index (Phi) is 6.32. The second-order valence-corrected chi connectivity index (χ2v) is 8.40. The summed E-state index contributed by atoms with van der Waals surface area (Å²) in [7, 11) is 1.58. The first-order valence-corrected chi connectivity index (χ1v) is 11.2. The van der Waals surface area contributed by atoms with Gasteiger partial charge in [-0.25, -0.2) is 4.90 Å². The van der Waals surface area contributed by atoms with E-state index in [2.05, 4.69) is 0 Å². The van der Waals surface area contributed by atoms with Gasteiger partial charge in [0.2, 0.25) is 0 Å². The van der Waals surface area contributed by atoms with Crippen LogP contribution < -0.4 is 14.5 Å². The van der Waals surface area contributed by atoms with Gasteiger partial charge < -0.3 is 9.64 Å². The van der Waals surface area contributed by atoms with Crippen molar-refractivity contribution in [1.82, 2.24) is 0 Å². The Morgan fingerprint density at radius 2 is 1.53 bits per heavy atom. The van der Waals surface area contributed by atoms with E-state index in [9.17, 15) is 9.59 Å². The van der Waals surface area contributed by atoms with E-state index in [1.165, 1.54) is 16.7 Å². The highest BCUT2D eigenvalue weighted by Gasteiger charge is 2.42. The predicted octanol–water partition coefficient (Wildman–Crippen LogP) is 5.41. The molecular weight excluding hydrogens is 420 g/mol. The molecule has 2 amide bonds. The number of hydrogen-bond donors (Lipinski definition) is 0. The zero-order valence-electron chi connectivity index (χ0n) is 18.2. The number of amides is 2. The summed E-state index contributed by atoms with van der Waals surface area (Å²) in [6.07, 6.45) is 0. The Labute approximate surface area is 192 Å². The van der Waals surface area contributed by atoms with E-state index in [1.54, 1.807) is 31.4 Å². The first kappa shape index (κ1) is 21.7. The van der Waals surface area contributed by atoms with Crippen molar-refractivity contribution in [2.45, 2.75) is 18.7 Å². The normalized spacial score (nSPS) is 13.7. The summed E-state index contributed by atoms with van der Waals surface area (Å²) in [6.45, 7) is 4.54. The number of likely N-dealkylation sites (N-methyl/N-ethyl adjacent to an activating group) is 1. The number of para-hydroxylation sites is 1. The van der Waals surface area contributed by atoms with Crippen molar-refractivity contribution in [2.24, 2.45) is 0 Å². The van der Waals surface area contributed by atoms with Crippen LogP contribution in [0.5, 0.6) is 5.75 Å². The van der Waals surface area contributed by atoms with Gasteiger partial charge in [0.1, 0.15) is 16.4 Å². The number of hydrogen-bond acceptors (Lipinski definition) is 5. The molecule has 0 spiro atoms. The van der Waals surface area contributed by atoms with Gasteiger partial charge in [0.15, 0.2) is 0 Å². The van der Waals surface area contributed by atoms with Crippen molar-refractivity contribution in [3.63, 3.8) is 0 Å². The van der Waals surface area contributed by atoms with Crippen molar-refractivity contribution in [1.29, 1.82) is 0 Å². The highest BCUT2D eigenvalue weighted by Crippen LogP contribution is 2.40. The minimum atomic E-state index is -0.333. The standard InChI is InChI=1S/C26H24N2O3S/c1-4-27(19-8-6-5-7-9-19)23-24(32-22-16-10-18(2)11-17-22)26(30)28(25(23)29)20-12-14-21(31-3)15-13-20/h5-17H,4H2,1-3H3. The average Bonchev–Trinajstić information content (AvgIpc) is 3.06. The van der Waals surface area contributed by atoms with E-state index in [0.29, 0.717) is 28.6 Å². The Hall–Kier alpha value is -3.51. The Morgan fingerprint density at radius 1 is 0.875 bits per heavy atom. The maximum atomic E-state index is 13.7. The molecule has 4 rings (SSSR count). The van der Waals surface area contributed by atoms with Gasteiger partial charge in [0.05, 0.1) is 12.8 Å². The number of benzene rings is 3. The maximum absolute atomic E-state index is 13.7. The van der Waals surface area contributed by atoms with E-state index >= 15 is 0 Å². The number of rotatable bonds is 7. The number of imide groups is 1. The summed E-state index contributed by atoms with van der Waals surface area (Å²) in [5.74, 6) is 0.00496. The summed E-state index contributed by atoms with van der Waals surface area (Å²) in [4.78, 5) is 31.7. The van der Waals surface area contributed by atoms with Crippen molar-refractivity contribution < 1.29 is 14.3 Å². The van der Waals surface area contributed by atoms with E-state index in [-0.39, 0.29) is 11.8 Å². The number of anilines is 2. The largest absolute Gasteiger partial charge is 0.497 e. The third-order valence-electron chi connectivity index (χ3n) is 5.24. The molecule has 0 unspecified atom stereocenters. The molecule has 3 aromatic carbocycles. The van der Waals surface area contributed by atoms with Crippen LogP contribution in [0.25, 0.3) is 0 Å². The van der Waals surface area contributed by atoms with Crippen LogP contribution in [0.4, 0.5) is 11.4 Å². The zero-order chi connectivity index (χ0) is 22.7. The SMILES string of the molecule is CCN(C1=C(Sc2ccc(C)cc2)C(=O)N(c2ccc(OC)cc2)C1=O)c1ccccc1. The molecule has 5 nitrogen and oxygen atoms in total. The smallest absolute Gasteiger partial charge is 0.283 e. The molecular formula is C26H24N2O3S. The molecule has 0 radical (unpaired) electrons. The van der Waals surface area contributed by atoms with E-state index < -0.39 is 0 Å². The number of thioether (sulfide) groups is 1. The molecule has 0 fully saturated rings. The molecule has 0 bridgehead atoms. The topological polar surface area (TPSA) is 49.9 Å². The van der Waals surface area contributed by atoms with Gasteiger partial charge in [-0.2, -0.15) is 0 Å². The molecule has 0 saturated carbocycles. The molecule has 0 atom stereocenters. The van der Waals surface area contributed by atoms with Gasteiger partial charge in [-0.15, -0.1) is 0 Å². The molecule has 162 valence electrons. The van der Waals surface area contributed by atoms with Crippen LogP contribution in [0.15, 0.2) is 94.4 Å². The quantitative estimate of drug-likeness (QED) is 0.456. The van der Waals surface area contributed by atoms with Crippen LogP contribution in [-0.2, 0) is 9.59 Å². The van der Waals surface area contributed by atoms with Gasteiger partial charge in [-0.1, -0.05) is 47.7 Å². The molecule has 0 aromatic heterocycles. The lowest BCUT2D eigenvalue weighted by atomic mass is 10.2. The van der Waals surface area contributed by atoms with Crippen molar-refractivity contribution >= 4 is 35.0 Å². The fourth-order valence-electron chi connectivity index (χ4n) is 3.60. The summed E-state index contributed by atoms with van der Waals surface area (Å²) in [5.41, 5.74) is 2.91. The first-order chi connectivity index (χ1) is 15.5. The monoisotopic (exact) mass is 444 g/mol. The molecule has 1 aliphatic heterocycles. The molecule has 1 aliphatic rings. The maximum Gasteiger partial charge on any atom is 0.283 e. The second kappa shape index (κ2) is 9.32. The van der Waals surface area contributed by atoms with Gasteiger partial charge >= 0.3 is 0 Å².